The number of amides is 1. The van der Waals surface area contributed by atoms with E-state index in [0.717, 1.165) is 37.0 Å². The van der Waals surface area contributed by atoms with Gasteiger partial charge in [-0.15, -0.1) is 0 Å². The van der Waals surface area contributed by atoms with Gasteiger partial charge in [0, 0.05) is 56.2 Å². The zero-order chi connectivity index (χ0) is 22.3. The normalized spacial score (nSPS) is 20.1. The molecule has 32 heavy (non-hydrogen) atoms. The fourth-order valence-corrected chi connectivity index (χ4v) is 4.96. The average Bonchev–Trinajstić information content (AvgIpc) is 3.39. The largest absolute Gasteiger partial charge is 0.336 e. The summed E-state index contributed by atoms with van der Waals surface area (Å²) in [5.41, 5.74) is 2.48. The molecule has 4 heterocycles. The lowest BCUT2D eigenvalue weighted by Crippen LogP contribution is -2.61. The van der Waals surface area contributed by atoms with E-state index in [2.05, 4.69) is 63.2 Å². The Bertz CT molecular complexity index is 1090. The lowest BCUT2D eigenvalue weighted by Gasteiger charge is -2.50. The van der Waals surface area contributed by atoms with Crippen LogP contribution in [0.25, 0.3) is 0 Å². The zero-order valence-electron chi connectivity index (χ0n) is 18.8. The third-order valence-electron chi connectivity index (χ3n) is 6.63. The molecule has 2 aliphatic heterocycles. The Hall–Kier alpha value is -3.13. The molecule has 166 valence electrons. The highest BCUT2D eigenvalue weighted by Crippen LogP contribution is 2.49. The van der Waals surface area contributed by atoms with Crippen molar-refractivity contribution >= 4 is 5.91 Å². The summed E-state index contributed by atoms with van der Waals surface area (Å²) in [5.74, 6) is 2.21. The number of benzene rings is 1. The Morgan fingerprint density at radius 1 is 1.16 bits per heavy atom. The fourth-order valence-electron chi connectivity index (χ4n) is 4.96. The van der Waals surface area contributed by atoms with Gasteiger partial charge in [0.1, 0.15) is 11.5 Å². The third-order valence-corrected chi connectivity index (χ3v) is 6.63. The molecule has 1 atom stereocenters. The SMILES string of the molecule is Cc1cnc(C(=O)N2CC3(CN(Cc4ccccc4)CC3c3nc(C(C)C)n[nH]3)C2)cn1. The zero-order valence-corrected chi connectivity index (χ0v) is 18.8. The standard InChI is InChI=1S/C24H29N7O/c1-16(2)21-27-22(29-28-21)19-12-30(11-18-7-5-4-6-8-18)13-24(19)14-31(15-24)23(32)20-10-25-17(3)9-26-20/h4-10,16,19H,11-15H2,1-3H3,(H,27,28,29). The van der Waals surface area contributed by atoms with Crippen molar-refractivity contribution in [3.05, 3.63) is 71.3 Å². The molecule has 2 aliphatic rings. The van der Waals surface area contributed by atoms with E-state index in [0.29, 0.717) is 18.8 Å². The monoisotopic (exact) mass is 431 g/mol. The van der Waals surface area contributed by atoms with Gasteiger partial charge in [0.2, 0.25) is 0 Å². The number of nitrogens with one attached hydrogen (secondary N) is 1. The number of nitrogens with zero attached hydrogens (tertiary/aromatic N) is 6. The molecule has 1 amide bonds. The van der Waals surface area contributed by atoms with Crippen LogP contribution in [0.5, 0.6) is 0 Å². The molecule has 3 aromatic rings. The number of carbonyl (C=O) groups excluding carboxylic acids is 1. The third kappa shape index (κ3) is 3.79. The molecule has 2 fully saturated rings. The minimum atomic E-state index is -0.0520. The van der Waals surface area contributed by atoms with E-state index in [1.165, 1.54) is 5.56 Å². The molecule has 2 aromatic heterocycles. The van der Waals surface area contributed by atoms with Crippen LogP contribution in [0.3, 0.4) is 0 Å². The van der Waals surface area contributed by atoms with E-state index in [4.69, 9.17) is 4.98 Å². The van der Waals surface area contributed by atoms with Crippen LogP contribution in [-0.4, -0.2) is 67.0 Å². The molecule has 1 N–H and O–H groups in total. The first-order valence-corrected chi connectivity index (χ1v) is 11.2. The van der Waals surface area contributed by atoms with Gasteiger partial charge in [0.05, 0.1) is 11.9 Å². The predicted molar refractivity (Wildman–Crippen MR) is 120 cm³/mol. The van der Waals surface area contributed by atoms with Gasteiger partial charge in [0.25, 0.3) is 5.91 Å². The van der Waals surface area contributed by atoms with E-state index >= 15 is 0 Å². The quantitative estimate of drug-likeness (QED) is 0.668. The van der Waals surface area contributed by atoms with Crippen LogP contribution >= 0.6 is 0 Å². The first-order chi connectivity index (χ1) is 15.4. The molecular formula is C24H29N7O. The Kier molecular flexibility index (Phi) is 5.25. The molecule has 0 saturated carbocycles. The van der Waals surface area contributed by atoms with Gasteiger partial charge in [-0.25, -0.2) is 9.97 Å². The number of H-pyrrole nitrogens is 1. The van der Waals surface area contributed by atoms with Gasteiger partial charge in [-0.05, 0) is 12.5 Å². The molecule has 1 aromatic carbocycles. The Balaban J connectivity index is 1.36. The molecule has 1 unspecified atom stereocenters. The number of likely N-dealkylation sites (tertiary alicyclic amines) is 2. The highest BCUT2D eigenvalue weighted by atomic mass is 16.2. The summed E-state index contributed by atoms with van der Waals surface area (Å²) in [4.78, 5) is 30.7. The van der Waals surface area contributed by atoms with Gasteiger partial charge in [0.15, 0.2) is 5.82 Å². The molecule has 5 rings (SSSR count). The number of carbonyl (C=O) groups is 1. The molecule has 0 radical (unpaired) electrons. The van der Waals surface area contributed by atoms with E-state index < -0.39 is 0 Å². The fraction of sp³-hybridized carbons (Fsp3) is 0.458. The van der Waals surface area contributed by atoms with Crippen LogP contribution in [0, 0.1) is 12.3 Å². The smallest absolute Gasteiger partial charge is 0.274 e. The second-order valence-corrected chi connectivity index (χ2v) is 9.51. The summed E-state index contributed by atoms with van der Waals surface area (Å²) in [7, 11) is 0. The number of hydrogen-bond donors (Lipinski definition) is 1. The number of hydrogen-bond acceptors (Lipinski definition) is 6. The summed E-state index contributed by atoms with van der Waals surface area (Å²) < 4.78 is 0. The topological polar surface area (TPSA) is 90.9 Å². The van der Waals surface area contributed by atoms with Crippen LogP contribution in [0.4, 0.5) is 0 Å². The van der Waals surface area contributed by atoms with E-state index in [-0.39, 0.29) is 23.2 Å². The van der Waals surface area contributed by atoms with Crippen molar-refractivity contribution in [1.82, 2.24) is 34.9 Å². The van der Waals surface area contributed by atoms with Crippen molar-refractivity contribution in [2.45, 2.75) is 39.2 Å². The van der Waals surface area contributed by atoms with Gasteiger partial charge in [-0.1, -0.05) is 44.2 Å². The van der Waals surface area contributed by atoms with Crippen LogP contribution in [0.2, 0.25) is 0 Å². The van der Waals surface area contributed by atoms with Crippen molar-refractivity contribution in [3.8, 4) is 0 Å². The lowest BCUT2D eigenvalue weighted by atomic mass is 9.71. The highest BCUT2D eigenvalue weighted by Gasteiger charge is 2.57. The summed E-state index contributed by atoms with van der Waals surface area (Å²) in [5, 5.41) is 7.66. The molecule has 0 bridgehead atoms. The summed E-state index contributed by atoms with van der Waals surface area (Å²) in [6, 6.07) is 10.5. The molecule has 8 heteroatoms. The minimum absolute atomic E-state index is 0.0314. The van der Waals surface area contributed by atoms with E-state index in [1.54, 1.807) is 12.4 Å². The van der Waals surface area contributed by atoms with Crippen molar-refractivity contribution < 1.29 is 4.79 Å². The minimum Gasteiger partial charge on any atom is -0.336 e. The Labute approximate surface area is 188 Å². The molecule has 2 saturated heterocycles. The molecule has 1 spiro atoms. The van der Waals surface area contributed by atoms with Crippen LogP contribution in [0.15, 0.2) is 42.7 Å². The van der Waals surface area contributed by atoms with Gasteiger partial charge < -0.3 is 4.90 Å². The summed E-state index contributed by atoms with van der Waals surface area (Å²) in [6.07, 6.45) is 3.21. The highest BCUT2D eigenvalue weighted by molar-refractivity contribution is 5.92. The van der Waals surface area contributed by atoms with Gasteiger partial charge >= 0.3 is 0 Å². The lowest BCUT2D eigenvalue weighted by molar-refractivity contribution is 0.00132. The summed E-state index contributed by atoms with van der Waals surface area (Å²) in [6.45, 7) is 10.2. The van der Waals surface area contributed by atoms with E-state index in [1.807, 2.05) is 17.9 Å². The van der Waals surface area contributed by atoms with Crippen molar-refractivity contribution in [2.75, 3.05) is 26.2 Å². The maximum Gasteiger partial charge on any atom is 0.274 e. The maximum atomic E-state index is 13.0. The van der Waals surface area contributed by atoms with Crippen LogP contribution in [0.1, 0.15) is 59.1 Å². The van der Waals surface area contributed by atoms with Crippen molar-refractivity contribution in [3.63, 3.8) is 0 Å². The first-order valence-electron chi connectivity index (χ1n) is 11.2. The Morgan fingerprint density at radius 3 is 2.59 bits per heavy atom. The summed E-state index contributed by atoms with van der Waals surface area (Å²) >= 11 is 0. The second-order valence-electron chi connectivity index (χ2n) is 9.51. The molecular weight excluding hydrogens is 402 g/mol. The van der Waals surface area contributed by atoms with Gasteiger partial charge in [-0.3, -0.25) is 19.8 Å². The van der Waals surface area contributed by atoms with Crippen LogP contribution < -0.4 is 0 Å². The Morgan fingerprint density at radius 2 is 1.94 bits per heavy atom. The maximum absolute atomic E-state index is 13.0. The number of rotatable bonds is 5. The van der Waals surface area contributed by atoms with E-state index in [9.17, 15) is 4.79 Å². The van der Waals surface area contributed by atoms with Crippen LogP contribution in [-0.2, 0) is 6.54 Å². The second kappa shape index (κ2) is 8.09. The number of aromatic amines is 1. The van der Waals surface area contributed by atoms with Gasteiger partial charge in [-0.2, -0.15) is 5.10 Å². The first kappa shape index (κ1) is 20.8. The van der Waals surface area contributed by atoms with Crippen molar-refractivity contribution in [2.24, 2.45) is 5.41 Å². The average molecular weight is 432 g/mol. The predicted octanol–water partition coefficient (Wildman–Crippen LogP) is 2.77. The van der Waals surface area contributed by atoms with Crippen molar-refractivity contribution in [1.29, 1.82) is 0 Å². The number of aryl methyl sites for hydroxylation is 1. The number of aromatic nitrogens is 5. The molecule has 0 aliphatic carbocycles. The molecule has 8 nitrogen and oxygen atoms in total.